The Kier molecular flexibility index (Phi) is 8.87. The van der Waals surface area contributed by atoms with Gasteiger partial charge in [0, 0.05) is 11.6 Å². The van der Waals surface area contributed by atoms with E-state index in [1.54, 1.807) is 54.6 Å². The van der Waals surface area contributed by atoms with Crippen molar-refractivity contribution in [2.75, 3.05) is 7.11 Å². The number of aryl methyl sites for hydroxylation is 1. The highest BCUT2D eigenvalue weighted by Gasteiger charge is 2.36. The number of carbonyl (C=O) groups excluding carboxylic acids is 1. The Hall–Kier alpha value is -4.95. The Balaban J connectivity index is 1.47. The molecule has 5 N–H and O–H groups in total. The van der Waals surface area contributed by atoms with E-state index in [9.17, 15) is 30.3 Å². The van der Waals surface area contributed by atoms with Gasteiger partial charge in [-0.15, -0.1) is 0 Å². The summed E-state index contributed by atoms with van der Waals surface area (Å²) < 4.78 is 11.9. The quantitative estimate of drug-likeness (QED) is 0.108. The van der Waals surface area contributed by atoms with Crippen molar-refractivity contribution in [2.24, 2.45) is 0 Å². The number of aromatic hydroxyl groups is 5. The molecular weight excluding hydrogens is 548 g/mol. The molecule has 0 radical (unpaired) electrons. The summed E-state index contributed by atoms with van der Waals surface area (Å²) in [7, 11) is 1.36. The summed E-state index contributed by atoms with van der Waals surface area (Å²) >= 11 is 0. The van der Waals surface area contributed by atoms with Crippen LogP contribution in [0.4, 0.5) is 0 Å². The highest BCUT2D eigenvalue weighted by Crippen LogP contribution is 2.50. The lowest BCUT2D eigenvalue weighted by molar-refractivity contribution is -0.0632. The lowest BCUT2D eigenvalue weighted by Crippen LogP contribution is -2.28. The molecule has 0 aromatic heterocycles. The van der Waals surface area contributed by atoms with E-state index in [1.165, 1.54) is 31.4 Å². The zero-order valence-corrected chi connectivity index (χ0v) is 23.7. The molecule has 0 amide bonds. The first kappa shape index (κ1) is 29.5. The van der Waals surface area contributed by atoms with Crippen LogP contribution >= 0.6 is 0 Å². The van der Waals surface area contributed by atoms with Crippen LogP contribution in [0.1, 0.15) is 63.9 Å². The van der Waals surface area contributed by atoms with Crippen molar-refractivity contribution in [1.29, 1.82) is 0 Å². The molecule has 4 aromatic carbocycles. The number of ketones is 1. The molecule has 0 saturated carbocycles. The number of hydrogen-bond donors (Lipinski definition) is 5. The van der Waals surface area contributed by atoms with Crippen molar-refractivity contribution in [3.05, 3.63) is 113 Å². The molecular formula is C35H34O8. The second-order valence-electron chi connectivity index (χ2n) is 10.7. The average Bonchev–Trinajstić information content (AvgIpc) is 3.00. The van der Waals surface area contributed by atoms with Gasteiger partial charge in [-0.2, -0.15) is 0 Å². The van der Waals surface area contributed by atoms with Crippen LogP contribution in [0.3, 0.4) is 0 Å². The number of benzene rings is 4. The molecule has 5 rings (SSSR count). The van der Waals surface area contributed by atoms with Gasteiger partial charge in [-0.3, -0.25) is 4.79 Å². The summed E-state index contributed by atoms with van der Waals surface area (Å²) in [4.78, 5) is 13.4. The molecule has 1 heterocycles. The van der Waals surface area contributed by atoms with Crippen molar-refractivity contribution >= 4 is 11.9 Å². The maximum Gasteiger partial charge on any atom is 0.193 e. The standard InChI is InChI=1S/C35H34O8/c1-42-32-20-30(40)33(35(41)34(32)29(39)17-7-22-4-12-26(37)13-5-22)24-18-28(16-6-21-2-10-25(36)11-3-21)43-31(19-24)23-8-14-27(38)15-9-23/h2-5,7-15,17,20,24,28,31,36-38,40-41H,6,16,18-19H2,1H3/b17-7+/t24-,28+,31+/m1/s1. The summed E-state index contributed by atoms with van der Waals surface area (Å²) in [5.41, 5.74) is 2.76. The summed E-state index contributed by atoms with van der Waals surface area (Å²) in [5.74, 6) is -0.911. The highest BCUT2D eigenvalue weighted by atomic mass is 16.5. The third-order valence-corrected chi connectivity index (χ3v) is 7.84. The van der Waals surface area contributed by atoms with Crippen LogP contribution in [0, 0.1) is 0 Å². The van der Waals surface area contributed by atoms with Gasteiger partial charge in [-0.1, -0.05) is 42.5 Å². The number of ether oxygens (including phenoxy) is 2. The Morgan fingerprint density at radius 1 is 0.860 bits per heavy atom. The lowest BCUT2D eigenvalue weighted by atomic mass is 9.80. The maximum absolute atomic E-state index is 13.4. The molecule has 1 saturated heterocycles. The fourth-order valence-electron chi connectivity index (χ4n) is 5.62. The van der Waals surface area contributed by atoms with Crippen molar-refractivity contribution in [2.45, 2.75) is 43.8 Å². The van der Waals surface area contributed by atoms with Gasteiger partial charge in [0.15, 0.2) is 5.78 Å². The monoisotopic (exact) mass is 582 g/mol. The predicted octanol–water partition coefficient (Wildman–Crippen LogP) is 6.76. The van der Waals surface area contributed by atoms with Gasteiger partial charge in [0.05, 0.1) is 19.3 Å². The molecule has 1 fully saturated rings. The average molecular weight is 583 g/mol. The van der Waals surface area contributed by atoms with Crippen LogP contribution in [0.15, 0.2) is 84.9 Å². The molecule has 0 aliphatic carbocycles. The minimum absolute atomic E-state index is 0.0464. The van der Waals surface area contributed by atoms with Crippen molar-refractivity contribution < 1.29 is 39.8 Å². The van der Waals surface area contributed by atoms with Crippen LogP contribution in [0.5, 0.6) is 34.5 Å². The second-order valence-corrected chi connectivity index (χ2v) is 10.7. The number of hydrogen-bond acceptors (Lipinski definition) is 8. The predicted molar refractivity (Wildman–Crippen MR) is 162 cm³/mol. The zero-order valence-electron chi connectivity index (χ0n) is 23.7. The summed E-state index contributed by atoms with van der Waals surface area (Å²) in [6.07, 6.45) is 4.48. The largest absolute Gasteiger partial charge is 0.508 e. The normalized spacial score (nSPS) is 18.5. The first-order valence-corrected chi connectivity index (χ1v) is 14.1. The smallest absolute Gasteiger partial charge is 0.193 e. The maximum atomic E-state index is 13.4. The van der Waals surface area contributed by atoms with Gasteiger partial charge in [0.25, 0.3) is 0 Å². The van der Waals surface area contributed by atoms with E-state index in [0.717, 1.165) is 11.1 Å². The summed E-state index contributed by atoms with van der Waals surface area (Å²) in [5, 5.41) is 51.6. The van der Waals surface area contributed by atoms with Gasteiger partial charge in [-0.05, 0) is 90.8 Å². The number of methoxy groups -OCH3 is 1. The Bertz CT molecular complexity index is 1590. The Morgan fingerprint density at radius 3 is 2.09 bits per heavy atom. The number of phenolic OH excluding ortho intramolecular Hbond substituents is 5. The summed E-state index contributed by atoms with van der Waals surface area (Å²) in [6.45, 7) is 0. The van der Waals surface area contributed by atoms with Crippen LogP contribution in [-0.4, -0.2) is 44.5 Å². The van der Waals surface area contributed by atoms with Gasteiger partial charge in [0.2, 0.25) is 0 Å². The van der Waals surface area contributed by atoms with Crippen LogP contribution < -0.4 is 4.74 Å². The van der Waals surface area contributed by atoms with Crippen molar-refractivity contribution in [3.63, 3.8) is 0 Å². The number of rotatable bonds is 9. The van der Waals surface area contributed by atoms with Crippen LogP contribution in [-0.2, 0) is 11.2 Å². The number of phenols is 5. The first-order valence-electron chi connectivity index (χ1n) is 14.1. The lowest BCUT2D eigenvalue weighted by Gasteiger charge is -2.37. The van der Waals surface area contributed by atoms with Gasteiger partial charge in [0.1, 0.15) is 40.1 Å². The summed E-state index contributed by atoms with van der Waals surface area (Å²) in [6, 6.07) is 21.4. The van der Waals surface area contributed by atoms with E-state index in [1.807, 2.05) is 12.1 Å². The molecule has 0 bridgehead atoms. The van der Waals surface area contributed by atoms with E-state index in [0.29, 0.717) is 31.2 Å². The van der Waals surface area contributed by atoms with Gasteiger partial charge < -0.3 is 35.0 Å². The molecule has 0 spiro atoms. The SMILES string of the molecule is COc1cc(O)c([C@@H]2C[C@H](CCc3ccc(O)cc3)O[C@H](c3ccc(O)cc3)C2)c(O)c1C(=O)/C=C/c1ccc(O)cc1. The number of allylic oxidation sites excluding steroid dienone is 1. The molecule has 4 aromatic rings. The third kappa shape index (κ3) is 6.93. The van der Waals surface area contributed by atoms with E-state index < -0.39 is 11.9 Å². The molecule has 1 aliphatic heterocycles. The molecule has 222 valence electrons. The van der Waals surface area contributed by atoms with E-state index in [4.69, 9.17) is 9.47 Å². The minimum atomic E-state index is -0.505. The fraction of sp³-hybridized carbons (Fsp3) is 0.229. The molecule has 0 unspecified atom stereocenters. The topological polar surface area (TPSA) is 137 Å². The first-order chi connectivity index (χ1) is 20.7. The molecule has 1 aliphatic rings. The molecule has 8 nitrogen and oxygen atoms in total. The van der Waals surface area contributed by atoms with E-state index in [-0.39, 0.29) is 57.6 Å². The minimum Gasteiger partial charge on any atom is -0.508 e. The molecule has 43 heavy (non-hydrogen) atoms. The van der Waals surface area contributed by atoms with E-state index in [2.05, 4.69) is 0 Å². The van der Waals surface area contributed by atoms with Gasteiger partial charge in [-0.25, -0.2) is 0 Å². The van der Waals surface area contributed by atoms with E-state index >= 15 is 0 Å². The highest BCUT2D eigenvalue weighted by molar-refractivity contribution is 6.11. The van der Waals surface area contributed by atoms with Crippen molar-refractivity contribution in [1.82, 2.24) is 0 Å². The Labute approximate surface area is 249 Å². The van der Waals surface area contributed by atoms with Crippen LogP contribution in [0.2, 0.25) is 0 Å². The number of carbonyl (C=O) groups is 1. The molecule has 3 atom stereocenters. The molecule has 8 heteroatoms. The van der Waals surface area contributed by atoms with Gasteiger partial charge >= 0.3 is 0 Å². The van der Waals surface area contributed by atoms with Crippen molar-refractivity contribution in [3.8, 4) is 34.5 Å². The Morgan fingerprint density at radius 2 is 1.47 bits per heavy atom. The third-order valence-electron chi connectivity index (χ3n) is 7.84. The zero-order chi connectivity index (χ0) is 30.5. The fourth-order valence-corrected chi connectivity index (χ4v) is 5.62. The van der Waals surface area contributed by atoms with Crippen LogP contribution in [0.25, 0.3) is 6.08 Å². The second kappa shape index (κ2) is 12.9.